The predicted octanol–water partition coefficient (Wildman–Crippen LogP) is 2.25. The minimum absolute atomic E-state index is 0.0391. The minimum Gasteiger partial charge on any atom is -0.385 e. The normalized spacial score (nSPS) is 10.1. The van der Waals surface area contributed by atoms with Gasteiger partial charge in [0.2, 0.25) is 5.91 Å². The first-order valence-electron chi connectivity index (χ1n) is 5.39. The second kappa shape index (κ2) is 6.18. The van der Waals surface area contributed by atoms with Gasteiger partial charge < -0.3 is 10.2 Å². The van der Waals surface area contributed by atoms with Crippen LogP contribution >= 0.6 is 0 Å². The Hall–Kier alpha value is -1.65. The lowest BCUT2D eigenvalue weighted by Gasteiger charge is -2.10. The molecular formula is C12H16F2N2O. The SMILES string of the molecule is CN(C)C(=O)CCCNc1cc(F)cc(F)c1. The van der Waals surface area contributed by atoms with Crippen LogP contribution in [0.4, 0.5) is 14.5 Å². The van der Waals surface area contributed by atoms with Crippen molar-refractivity contribution in [3.05, 3.63) is 29.8 Å². The number of anilines is 1. The molecule has 94 valence electrons. The summed E-state index contributed by atoms with van der Waals surface area (Å²) in [7, 11) is 3.38. The maximum absolute atomic E-state index is 12.8. The Labute approximate surface area is 99.4 Å². The van der Waals surface area contributed by atoms with Crippen molar-refractivity contribution < 1.29 is 13.6 Å². The first-order valence-corrected chi connectivity index (χ1v) is 5.39. The average molecular weight is 242 g/mol. The van der Waals surface area contributed by atoms with E-state index in [0.29, 0.717) is 25.1 Å². The van der Waals surface area contributed by atoms with Gasteiger partial charge in [0.1, 0.15) is 11.6 Å². The monoisotopic (exact) mass is 242 g/mol. The van der Waals surface area contributed by atoms with Crippen molar-refractivity contribution in [2.24, 2.45) is 0 Å². The third kappa shape index (κ3) is 4.80. The summed E-state index contributed by atoms with van der Waals surface area (Å²) in [4.78, 5) is 12.8. The Kier molecular flexibility index (Phi) is 4.87. The Morgan fingerprint density at radius 1 is 1.24 bits per heavy atom. The number of halogens is 2. The number of carbonyl (C=O) groups is 1. The molecule has 1 N–H and O–H groups in total. The van der Waals surface area contributed by atoms with Crippen LogP contribution in [0.5, 0.6) is 0 Å². The third-order valence-electron chi connectivity index (χ3n) is 2.26. The van der Waals surface area contributed by atoms with Gasteiger partial charge in [0.05, 0.1) is 0 Å². The molecule has 0 atom stereocenters. The Balaban J connectivity index is 2.33. The molecule has 0 bridgehead atoms. The van der Waals surface area contributed by atoms with Crippen molar-refractivity contribution >= 4 is 11.6 Å². The molecule has 1 aromatic rings. The van der Waals surface area contributed by atoms with Crippen molar-refractivity contribution in [3.8, 4) is 0 Å². The van der Waals surface area contributed by atoms with Crippen LogP contribution in [0.25, 0.3) is 0 Å². The highest BCUT2D eigenvalue weighted by atomic mass is 19.1. The number of hydrogen-bond donors (Lipinski definition) is 1. The van der Waals surface area contributed by atoms with E-state index in [2.05, 4.69) is 5.32 Å². The van der Waals surface area contributed by atoms with Crippen molar-refractivity contribution in [2.45, 2.75) is 12.8 Å². The van der Waals surface area contributed by atoms with E-state index < -0.39 is 11.6 Å². The molecule has 0 saturated heterocycles. The molecule has 5 heteroatoms. The Morgan fingerprint density at radius 3 is 2.35 bits per heavy atom. The maximum atomic E-state index is 12.8. The summed E-state index contributed by atoms with van der Waals surface area (Å²) in [5, 5.41) is 2.87. The second-order valence-corrected chi connectivity index (χ2v) is 3.98. The van der Waals surface area contributed by atoms with Crippen LogP contribution in [-0.4, -0.2) is 31.4 Å². The molecule has 0 unspecified atom stereocenters. The van der Waals surface area contributed by atoms with E-state index in [4.69, 9.17) is 0 Å². The number of hydrogen-bond acceptors (Lipinski definition) is 2. The highest BCUT2D eigenvalue weighted by molar-refractivity contribution is 5.75. The van der Waals surface area contributed by atoms with Crippen LogP contribution in [-0.2, 0) is 4.79 Å². The molecule has 0 spiro atoms. The number of rotatable bonds is 5. The van der Waals surface area contributed by atoms with Crippen LogP contribution in [0.15, 0.2) is 18.2 Å². The molecule has 3 nitrogen and oxygen atoms in total. The second-order valence-electron chi connectivity index (χ2n) is 3.98. The lowest BCUT2D eigenvalue weighted by molar-refractivity contribution is -0.128. The Morgan fingerprint density at radius 2 is 1.82 bits per heavy atom. The first-order chi connectivity index (χ1) is 7.99. The van der Waals surface area contributed by atoms with Crippen molar-refractivity contribution in [2.75, 3.05) is 26.0 Å². The lowest BCUT2D eigenvalue weighted by Crippen LogP contribution is -2.22. The van der Waals surface area contributed by atoms with E-state index in [0.717, 1.165) is 6.07 Å². The van der Waals surface area contributed by atoms with Crippen LogP contribution in [0.1, 0.15) is 12.8 Å². The van der Waals surface area contributed by atoms with Gasteiger partial charge in [-0.2, -0.15) is 0 Å². The molecule has 1 aromatic carbocycles. The highest BCUT2D eigenvalue weighted by Crippen LogP contribution is 2.12. The zero-order chi connectivity index (χ0) is 12.8. The van der Waals surface area contributed by atoms with Gasteiger partial charge in [-0.05, 0) is 18.6 Å². The van der Waals surface area contributed by atoms with Crippen molar-refractivity contribution in [1.29, 1.82) is 0 Å². The molecule has 17 heavy (non-hydrogen) atoms. The maximum Gasteiger partial charge on any atom is 0.222 e. The van der Waals surface area contributed by atoms with E-state index in [1.807, 2.05) is 0 Å². The lowest BCUT2D eigenvalue weighted by atomic mass is 10.2. The van der Waals surface area contributed by atoms with Gasteiger partial charge >= 0.3 is 0 Å². The van der Waals surface area contributed by atoms with Gasteiger partial charge in [-0.25, -0.2) is 8.78 Å². The van der Waals surface area contributed by atoms with Gasteiger partial charge in [-0.1, -0.05) is 0 Å². The van der Waals surface area contributed by atoms with Gasteiger partial charge in [0.15, 0.2) is 0 Å². The van der Waals surface area contributed by atoms with Gasteiger partial charge in [0.25, 0.3) is 0 Å². The van der Waals surface area contributed by atoms with Crippen LogP contribution in [0.2, 0.25) is 0 Å². The topological polar surface area (TPSA) is 32.3 Å². The molecule has 0 saturated carbocycles. The smallest absolute Gasteiger partial charge is 0.222 e. The summed E-state index contributed by atoms with van der Waals surface area (Å²) in [5.74, 6) is -1.19. The minimum atomic E-state index is -0.614. The molecule has 0 fully saturated rings. The largest absolute Gasteiger partial charge is 0.385 e. The molecule has 0 radical (unpaired) electrons. The summed E-state index contributed by atoms with van der Waals surface area (Å²) in [5.41, 5.74) is 0.389. The first kappa shape index (κ1) is 13.4. The average Bonchev–Trinajstić information content (AvgIpc) is 2.22. The van der Waals surface area contributed by atoms with E-state index in [9.17, 15) is 13.6 Å². The molecule has 1 rings (SSSR count). The van der Waals surface area contributed by atoms with Crippen LogP contribution < -0.4 is 5.32 Å². The summed E-state index contributed by atoms with van der Waals surface area (Å²) in [6.07, 6.45) is 1.03. The van der Waals surface area contributed by atoms with E-state index >= 15 is 0 Å². The summed E-state index contributed by atoms with van der Waals surface area (Å²) in [6, 6.07) is 3.26. The standard InChI is InChI=1S/C12H16F2N2O/c1-16(2)12(17)4-3-5-15-11-7-9(13)6-10(14)8-11/h6-8,15H,3-5H2,1-2H3. The fraction of sp³-hybridized carbons (Fsp3) is 0.417. The molecule has 1 amide bonds. The Bertz CT molecular complexity index is 374. The number of carbonyl (C=O) groups excluding carboxylic acids is 1. The summed E-state index contributed by atoms with van der Waals surface area (Å²) in [6.45, 7) is 0.502. The molecular weight excluding hydrogens is 226 g/mol. The number of amides is 1. The molecule has 0 aliphatic heterocycles. The highest BCUT2D eigenvalue weighted by Gasteiger charge is 2.03. The fourth-order valence-electron chi connectivity index (χ4n) is 1.35. The zero-order valence-corrected chi connectivity index (χ0v) is 9.96. The van der Waals surface area contributed by atoms with Crippen molar-refractivity contribution in [1.82, 2.24) is 4.90 Å². The molecule has 0 aliphatic carbocycles. The number of benzene rings is 1. The molecule has 0 heterocycles. The quantitative estimate of drug-likeness (QED) is 0.803. The van der Waals surface area contributed by atoms with Crippen molar-refractivity contribution in [3.63, 3.8) is 0 Å². The zero-order valence-electron chi connectivity index (χ0n) is 9.96. The van der Waals surface area contributed by atoms with Gasteiger partial charge in [-0.15, -0.1) is 0 Å². The predicted molar refractivity (Wildman–Crippen MR) is 62.8 cm³/mol. The van der Waals surface area contributed by atoms with Crippen LogP contribution in [0.3, 0.4) is 0 Å². The summed E-state index contributed by atoms with van der Waals surface area (Å²) >= 11 is 0. The van der Waals surface area contributed by atoms with E-state index in [1.165, 1.54) is 17.0 Å². The van der Waals surface area contributed by atoms with E-state index in [-0.39, 0.29) is 5.91 Å². The fourth-order valence-corrected chi connectivity index (χ4v) is 1.35. The third-order valence-corrected chi connectivity index (χ3v) is 2.26. The summed E-state index contributed by atoms with van der Waals surface area (Å²) < 4.78 is 25.7. The molecule has 0 aromatic heterocycles. The van der Waals surface area contributed by atoms with Crippen LogP contribution in [0, 0.1) is 11.6 Å². The van der Waals surface area contributed by atoms with Gasteiger partial charge in [0, 0.05) is 38.8 Å². The van der Waals surface area contributed by atoms with E-state index in [1.54, 1.807) is 14.1 Å². The van der Waals surface area contributed by atoms with Gasteiger partial charge in [-0.3, -0.25) is 4.79 Å². The molecule has 0 aliphatic rings. The number of nitrogens with zero attached hydrogens (tertiary/aromatic N) is 1. The number of nitrogens with one attached hydrogen (secondary N) is 1.